The first-order valence-electron chi connectivity index (χ1n) is 5.69. The summed E-state index contributed by atoms with van der Waals surface area (Å²) >= 11 is 0. The van der Waals surface area contributed by atoms with Gasteiger partial charge in [0.25, 0.3) is 0 Å². The second kappa shape index (κ2) is 6.05. The number of hydrogen-bond donors (Lipinski definition) is 1. The number of ether oxygens (including phenoxy) is 1. The molecule has 0 unspecified atom stereocenters. The maximum atomic E-state index is 10.4. The van der Waals surface area contributed by atoms with E-state index in [0.29, 0.717) is 0 Å². The molecule has 1 rings (SSSR count). The molecule has 1 N–H and O–H groups in total. The van der Waals surface area contributed by atoms with Crippen LogP contribution < -0.4 is 4.74 Å². The van der Waals surface area contributed by atoms with Crippen LogP contribution in [0.2, 0.25) is 0 Å². The number of carboxylic acid groups (broad SMARTS) is 1. The largest absolute Gasteiger partial charge is 0.496 e. The van der Waals surface area contributed by atoms with Crippen LogP contribution in [0, 0.1) is 20.8 Å². The maximum absolute atomic E-state index is 10.4. The van der Waals surface area contributed by atoms with Crippen molar-refractivity contribution in [1.82, 2.24) is 0 Å². The predicted molar refractivity (Wildman–Crippen MR) is 73.0 cm³/mol. The molecule has 0 saturated carbocycles. The number of hydrogen-bond acceptors (Lipinski definition) is 2. The molecule has 0 saturated heterocycles. The van der Waals surface area contributed by atoms with Crippen LogP contribution in [0.3, 0.4) is 0 Å². The van der Waals surface area contributed by atoms with Crippen molar-refractivity contribution in [3.63, 3.8) is 0 Å². The van der Waals surface area contributed by atoms with Crippen LogP contribution in [0.1, 0.15) is 22.3 Å². The smallest absolute Gasteiger partial charge is 0.328 e. The number of carbonyl (C=O) groups is 1. The molecule has 3 nitrogen and oxygen atoms in total. The summed E-state index contributed by atoms with van der Waals surface area (Å²) in [5, 5.41) is 8.50. The van der Waals surface area contributed by atoms with Crippen molar-refractivity contribution in [2.45, 2.75) is 20.8 Å². The Balaban J connectivity index is 3.16. The Morgan fingerprint density at radius 3 is 2.44 bits per heavy atom. The van der Waals surface area contributed by atoms with Gasteiger partial charge in [-0.1, -0.05) is 24.3 Å². The summed E-state index contributed by atoms with van der Waals surface area (Å²) in [6.07, 6.45) is 6.16. The third-order valence-corrected chi connectivity index (χ3v) is 2.85. The van der Waals surface area contributed by atoms with E-state index in [-0.39, 0.29) is 0 Å². The van der Waals surface area contributed by atoms with Gasteiger partial charge in [0.05, 0.1) is 7.11 Å². The zero-order chi connectivity index (χ0) is 13.7. The molecule has 0 heterocycles. The molecule has 0 amide bonds. The quantitative estimate of drug-likeness (QED) is 0.655. The van der Waals surface area contributed by atoms with E-state index in [1.165, 1.54) is 11.6 Å². The molecule has 3 heteroatoms. The van der Waals surface area contributed by atoms with Crippen LogP contribution in [-0.4, -0.2) is 18.2 Å². The number of rotatable bonds is 4. The fourth-order valence-corrected chi connectivity index (χ4v) is 1.83. The van der Waals surface area contributed by atoms with Gasteiger partial charge in [-0.05, 0) is 37.5 Å². The van der Waals surface area contributed by atoms with Gasteiger partial charge in [0.15, 0.2) is 0 Å². The minimum absolute atomic E-state index is 0.840. The molecule has 0 aliphatic heterocycles. The van der Waals surface area contributed by atoms with E-state index in [1.807, 2.05) is 26.8 Å². The Hall–Kier alpha value is -2.03. The van der Waals surface area contributed by atoms with Crippen LogP contribution in [0.5, 0.6) is 5.75 Å². The molecule has 0 bridgehead atoms. The van der Waals surface area contributed by atoms with Gasteiger partial charge in [-0.25, -0.2) is 4.79 Å². The first-order valence-corrected chi connectivity index (χ1v) is 5.69. The third kappa shape index (κ3) is 3.23. The lowest BCUT2D eigenvalue weighted by atomic mass is 9.98. The second-order valence-electron chi connectivity index (χ2n) is 4.14. The van der Waals surface area contributed by atoms with Gasteiger partial charge in [-0.15, -0.1) is 0 Å². The van der Waals surface area contributed by atoms with Crippen molar-refractivity contribution in [2.75, 3.05) is 7.11 Å². The Bertz CT molecular complexity index is 511. The molecule has 0 aromatic heterocycles. The third-order valence-electron chi connectivity index (χ3n) is 2.85. The SMILES string of the molecule is COc1c(C)c(C)cc(C)c1/C=C/C=C/C(=O)O. The van der Waals surface area contributed by atoms with E-state index in [4.69, 9.17) is 9.84 Å². The Morgan fingerprint density at radius 2 is 1.89 bits per heavy atom. The summed E-state index contributed by atoms with van der Waals surface area (Å²) in [7, 11) is 1.64. The zero-order valence-electron chi connectivity index (χ0n) is 11.2. The van der Waals surface area contributed by atoms with Crippen molar-refractivity contribution in [2.24, 2.45) is 0 Å². The number of benzene rings is 1. The summed E-state index contributed by atoms with van der Waals surface area (Å²) in [4.78, 5) is 10.4. The van der Waals surface area contributed by atoms with Crippen LogP contribution in [0.25, 0.3) is 6.08 Å². The van der Waals surface area contributed by atoms with E-state index in [9.17, 15) is 4.79 Å². The summed E-state index contributed by atoms with van der Waals surface area (Å²) in [6, 6.07) is 2.10. The van der Waals surface area contributed by atoms with Crippen LogP contribution in [0.15, 0.2) is 24.3 Å². The molecule has 0 radical (unpaired) electrons. The molecule has 0 aliphatic rings. The van der Waals surface area contributed by atoms with Crippen molar-refractivity contribution in [1.29, 1.82) is 0 Å². The van der Waals surface area contributed by atoms with E-state index < -0.39 is 5.97 Å². The number of methoxy groups -OCH3 is 1. The molecule has 0 aliphatic carbocycles. The lowest BCUT2D eigenvalue weighted by Gasteiger charge is -2.13. The van der Waals surface area contributed by atoms with Gasteiger partial charge in [-0.2, -0.15) is 0 Å². The Morgan fingerprint density at radius 1 is 1.22 bits per heavy atom. The van der Waals surface area contributed by atoms with Gasteiger partial charge in [0.2, 0.25) is 0 Å². The van der Waals surface area contributed by atoms with Crippen LogP contribution in [-0.2, 0) is 4.79 Å². The molecule has 0 atom stereocenters. The monoisotopic (exact) mass is 246 g/mol. The molecule has 18 heavy (non-hydrogen) atoms. The van der Waals surface area contributed by atoms with Crippen molar-refractivity contribution in [3.05, 3.63) is 46.5 Å². The van der Waals surface area contributed by atoms with Crippen LogP contribution in [0.4, 0.5) is 0 Å². The summed E-state index contributed by atoms with van der Waals surface area (Å²) in [5.74, 6) is -0.115. The second-order valence-corrected chi connectivity index (χ2v) is 4.14. The fourth-order valence-electron chi connectivity index (χ4n) is 1.83. The zero-order valence-corrected chi connectivity index (χ0v) is 11.2. The van der Waals surface area contributed by atoms with Crippen molar-refractivity contribution < 1.29 is 14.6 Å². The first kappa shape index (κ1) is 14.0. The van der Waals surface area contributed by atoms with E-state index in [1.54, 1.807) is 13.2 Å². The van der Waals surface area contributed by atoms with E-state index in [0.717, 1.165) is 28.5 Å². The van der Waals surface area contributed by atoms with Gasteiger partial charge in [-0.3, -0.25) is 0 Å². The molecular weight excluding hydrogens is 228 g/mol. The van der Waals surface area contributed by atoms with E-state index in [2.05, 4.69) is 6.07 Å². The highest BCUT2D eigenvalue weighted by molar-refractivity contribution is 5.80. The summed E-state index contributed by atoms with van der Waals surface area (Å²) < 4.78 is 5.42. The standard InChI is InChI=1S/C15H18O3/c1-10-9-11(2)13(15(18-4)12(10)3)7-5-6-8-14(16)17/h5-9H,1-4H3,(H,16,17)/b7-5+,8-6+. The fraction of sp³-hybridized carbons (Fsp3) is 0.267. The van der Waals surface area contributed by atoms with Crippen molar-refractivity contribution >= 4 is 12.0 Å². The minimum Gasteiger partial charge on any atom is -0.496 e. The number of carboxylic acids is 1. The number of aliphatic carboxylic acids is 1. The average Bonchev–Trinajstić information content (AvgIpc) is 2.30. The number of aryl methyl sites for hydroxylation is 2. The van der Waals surface area contributed by atoms with Gasteiger partial charge in [0.1, 0.15) is 5.75 Å². The van der Waals surface area contributed by atoms with Crippen LogP contribution >= 0.6 is 0 Å². The topological polar surface area (TPSA) is 46.5 Å². The summed E-state index contributed by atoms with van der Waals surface area (Å²) in [5.41, 5.74) is 4.37. The highest BCUT2D eigenvalue weighted by Crippen LogP contribution is 2.30. The molecule has 0 spiro atoms. The molecule has 1 aromatic carbocycles. The highest BCUT2D eigenvalue weighted by Gasteiger charge is 2.09. The lowest BCUT2D eigenvalue weighted by molar-refractivity contribution is -0.131. The minimum atomic E-state index is -0.955. The van der Waals surface area contributed by atoms with Crippen molar-refractivity contribution in [3.8, 4) is 5.75 Å². The van der Waals surface area contributed by atoms with Gasteiger partial charge >= 0.3 is 5.97 Å². The predicted octanol–water partition coefficient (Wildman–Crippen LogP) is 3.27. The number of allylic oxidation sites excluding steroid dienone is 2. The average molecular weight is 246 g/mol. The summed E-state index contributed by atoms with van der Waals surface area (Å²) in [6.45, 7) is 6.07. The van der Waals surface area contributed by atoms with Gasteiger partial charge < -0.3 is 9.84 Å². The molecular formula is C15H18O3. The lowest BCUT2D eigenvalue weighted by Crippen LogP contribution is -1.96. The molecule has 0 fully saturated rings. The Kier molecular flexibility index (Phi) is 4.72. The van der Waals surface area contributed by atoms with Gasteiger partial charge in [0, 0.05) is 11.6 Å². The maximum Gasteiger partial charge on any atom is 0.328 e. The van der Waals surface area contributed by atoms with E-state index >= 15 is 0 Å². The molecule has 96 valence electrons. The molecule has 1 aromatic rings. The highest BCUT2D eigenvalue weighted by atomic mass is 16.5. The first-order chi connectivity index (χ1) is 8.47. The normalized spacial score (nSPS) is 11.3. The Labute approximate surface area is 107 Å².